The molecule has 0 spiro atoms. The number of anilines is 2. The number of carboxylic acids is 1. The number of carbonyl (C=O) groups excluding carboxylic acids is 3. The van der Waals surface area contributed by atoms with Crippen LogP contribution in [0.2, 0.25) is 0 Å². The van der Waals surface area contributed by atoms with Gasteiger partial charge in [-0.3, -0.25) is 14.4 Å². The van der Waals surface area contributed by atoms with E-state index in [2.05, 4.69) is 5.32 Å². The Morgan fingerprint density at radius 1 is 0.545 bits per heavy atom. The van der Waals surface area contributed by atoms with Crippen molar-refractivity contribution >= 4 is 35.1 Å². The molecular formula is C43H37KN2O9. The van der Waals surface area contributed by atoms with Crippen LogP contribution in [0.4, 0.5) is 11.4 Å². The molecule has 11 nitrogen and oxygen atoms in total. The normalized spacial score (nSPS) is 10.9. The quantitative estimate of drug-likeness (QED) is 0.129. The molecule has 0 unspecified atom stereocenters. The summed E-state index contributed by atoms with van der Waals surface area (Å²) < 4.78 is 11.5. The summed E-state index contributed by atoms with van der Waals surface area (Å²) in [5, 5.41) is 18.9. The Hall–Kier alpha value is -5.44. The number of aryl methyl sites for hydroxylation is 2. The molecule has 0 radical (unpaired) electrons. The second kappa shape index (κ2) is 20.9. The third-order valence-corrected chi connectivity index (χ3v) is 7.92. The molecule has 0 bridgehead atoms. The minimum absolute atomic E-state index is 0. The van der Waals surface area contributed by atoms with Crippen LogP contribution < -0.4 is 71.1 Å². The first-order valence-electron chi connectivity index (χ1n) is 16.4. The summed E-state index contributed by atoms with van der Waals surface area (Å²) >= 11 is 0. The minimum atomic E-state index is -1.14. The van der Waals surface area contributed by atoms with E-state index in [9.17, 15) is 24.3 Å². The molecule has 6 aromatic rings. The summed E-state index contributed by atoms with van der Waals surface area (Å²) in [5.74, 6) is 0.525. The molecule has 12 heteroatoms. The molecule has 3 amide bonds. The van der Waals surface area contributed by atoms with Gasteiger partial charge in [0.25, 0.3) is 17.7 Å². The van der Waals surface area contributed by atoms with Crippen LogP contribution in [-0.2, 0) is 0 Å². The van der Waals surface area contributed by atoms with E-state index in [4.69, 9.17) is 14.6 Å². The van der Waals surface area contributed by atoms with E-state index in [0.717, 1.165) is 29.7 Å². The maximum absolute atomic E-state index is 12.5. The van der Waals surface area contributed by atoms with Gasteiger partial charge in [-0.15, -0.1) is 0 Å². The first-order chi connectivity index (χ1) is 25.7. The van der Waals surface area contributed by atoms with Gasteiger partial charge in [-0.2, -0.15) is 0 Å². The van der Waals surface area contributed by atoms with Crippen LogP contribution in [0.1, 0.15) is 52.6 Å². The number of imide groups is 1. The number of carbonyl (C=O) groups is 4. The predicted molar refractivity (Wildman–Crippen MR) is 204 cm³/mol. The second-order valence-corrected chi connectivity index (χ2v) is 11.6. The number of nitrogens with zero attached hydrogens (tertiary/aromatic N) is 1. The van der Waals surface area contributed by atoms with E-state index < -0.39 is 11.9 Å². The van der Waals surface area contributed by atoms with Gasteiger partial charge in [-0.1, -0.05) is 59.7 Å². The number of aliphatic hydroxyl groups is 1. The molecule has 4 N–H and O–H groups in total. The van der Waals surface area contributed by atoms with E-state index in [0.29, 0.717) is 34.0 Å². The molecule has 1 heterocycles. The SMILES string of the molecule is CO.Cc1ccc(Oc2ccc(N3C(=O)c4ccccc4C3=O)cc2)cc1.Cc1ccc(Oc2ccc(NC(=O)c3ccccc3C(=O)O)cc2)cc1.[K+].[OH-]. The summed E-state index contributed by atoms with van der Waals surface area (Å²) in [6.07, 6.45) is 0. The zero-order valence-corrected chi connectivity index (χ0v) is 33.7. The monoisotopic (exact) mass is 764 g/mol. The summed E-state index contributed by atoms with van der Waals surface area (Å²) in [6, 6.07) is 42.2. The summed E-state index contributed by atoms with van der Waals surface area (Å²) in [4.78, 5) is 49.7. The van der Waals surface area contributed by atoms with E-state index >= 15 is 0 Å². The topological polar surface area (TPSA) is 172 Å². The number of aliphatic hydroxyl groups excluding tert-OH is 1. The average Bonchev–Trinajstić information content (AvgIpc) is 3.44. The van der Waals surface area contributed by atoms with E-state index in [1.54, 1.807) is 84.9 Å². The Balaban J connectivity index is 0.000000273. The molecule has 0 saturated carbocycles. The van der Waals surface area contributed by atoms with Crippen molar-refractivity contribution in [1.29, 1.82) is 0 Å². The first-order valence-corrected chi connectivity index (χ1v) is 16.4. The Kier molecular flexibility index (Phi) is 16.7. The molecule has 0 aromatic heterocycles. The smallest absolute Gasteiger partial charge is 0.870 e. The van der Waals surface area contributed by atoms with Gasteiger partial charge in [0.1, 0.15) is 23.0 Å². The largest absolute Gasteiger partial charge is 1.00 e. The molecular weight excluding hydrogens is 728 g/mol. The van der Waals surface area contributed by atoms with Crippen LogP contribution in [0, 0.1) is 13.8 Å². The Bertz CT molecular complexity index is 2190. The molecule has 0 aliphatic carbocycles. The third kappa shape index (κ3) is 11.3. The number of fused-ring (bicyclic) bond motifs is 1. The number of rotatable bonds is 8. The van der Waals surface area contributed by atoms with Crippen molar-refractivity contribution in [2.75, 3.05) is 17.3 Å². The van der Waals surface area contributed by atoms with Crippen LogP contribution >= 0.6 is 0 Å². The van der Waals surface area contributed by atoms with Gasteiger partial charge in [-0.05, 0) is 111 Å². The number of amides is 3. The first kappa shape index (κ1) is 44.0. The molecule has 1 aliphatic heterocycles. The molecule has 0 fully saturated rings. The van der Waals surface area contributed by atoms with E-state index in [1.807, 2.05) is 62.4 Å². The fourth-order valence-electron chi connectivity index (χ4n) is 5.24. The molecule has 6 aromatic carbocycles. The molecule has 0 saturated heterocycles. The average molecular weight is 765 g/mol. The molecule has 7 rings (SSSR count). The Labute approximate surface area is 360 Å². The van der Waals surface area contributed by atoms with E-state index in [-0.39, 0.29) is 79.8 Å². The summed E-state index contributed by atoms with van der Waals surface area (Å²) in [6.45, 7) is 4.02. The number of nitrogens with one attached hydrogen (secondary N) is 1. The number of hydrogen-bond acceptors (Lipinski definition) is 8. The predicted octanol–water partition coefficient (Wildman–Crippen LogP) is 5.76. The van der Waals surface area contributed by atoms with E-state index in [1.165, 1.54) is 17.0 Å². The van der Waals surface area contributed by atoms with Gasteiger partial charge in [-0.25, -0.2) is 9.69 Å². The van der Waals surface area contributed by atoms with Crippen LogP contribution in [0.5, 0.6) is 23.0 Å². The minimum Gasteiger partial charge on any atom is -0.870 e. The van der Waals surface area contributed by atoms with Gasteiger partial charge in [0.05, 0.1) is 27.9 Å². The van der Waals surface area contributed by atoms with Gasteiger partial charge >= 0.3 is 57.4 Å². The molecule has 1 aliphatic rings. The van der Waals surface area contributed by atoms with Crippen molar-refractivity contribution in [2.24, 2.45) is 0 Å². The number of hydrogen-bond donors (Lipinski definition) is 3. The molecule has 55 heavy (non-hydrogen) atoms. The van der Waals surface area contributed by atoms with Gasteiger partial charge in [0.2, 0.25) is 0 Å². The summed E-state index contributed by atoms with van der Waals surface area (Å²) in [7, 11) is 1.00. The van der Waals surface area contributed by atoms with Crippen molar-refractivity contribution in [3.63, 3.8) is 0 Å². The fourth-order valence-corrected chi connectivity index (χ4v) is 5.24. The zero-order valence-electron chi connectivity index (χ0n) is 30.6. The third-order valence-electron chi connectivity index (χ3n) is 7.92. The number of aromatic carboxylic acids is 1. The van der Waals surface area contributed by atoms with Crippen molar-refractivity contribution in [3.8, 4) is 23.0 Å². The summed E-state index contributed by atoms with van der Waals surface area (Å²) in [5.41, 5.74) is 4.34. The number of benzene rings is 6. The molecule has 274 valence electrons. The van der Waals surface area contributed by atoms with Crippen molar-refractivity contribution < 1.29 is 95.7 Å². The van der Waals surface area contributed by atoms with Crippen LogP contribution in [0.25, 0.3) is 0 Å². The Morgan fingerprint density at radius 3 is 1.33 bits per heavy atom. The second-order valence-electron chi connectivity index (χ2n) is 11.6. The Morgan fingerprint density at radius 2 is 0.909 bits per heavy atom. The van der Waals surface area contributed by atoms with Crippen LogP contribution in [0.15, 0.2) is 146 Å². The van der Waals surface area contributed by atoms with Crippen molar-refractivity contribution in [1.82, 2.24) is 0 Å². The maximum atomic E-state index is 12.5. The molecule has 0 atom stereocenters. The fraction of sp³-hybridized carbons (Fsp3) is 0.0698. The zero-order chi connectivity index (χ0) is 37.9. The maximum Gasteiger partial charge on any atom is 1.00 e. The van der Waals surface area contributed by atoms with Crippen molar-refractivity contribution in [2.45, 2.75) is 13.8 Å². The van der Waals surface area contributed by atoms with Crippen LogP contribution in [0.3, 0.4) is 0 Å². The number of carboxylic acid groups (broad SMARTS) is 1. The van der Waals surface area contributed by atoms with Crippen LogP contribution in [-0.4, -0.2) is 46.5 Å². The van der Waals surface area contributed by atoms with Gasteiger partial charge in [0, 0.05) is 12.8 Å². The van der Waals surface area contributed by atoms with Gasteiger partial charge in [0.15, 0.2) is 0 Å². The number of ether oxygens (including phenoxy) is 2. The standard InChI is InChI=1S/C21H17NO4.C21H15NO3.CH4O.K.H2O/c1-14-6-10-16(11-7-14)26-17-12-8-15(9-13-17)22-20(23)18-4-2-3-5-19(18)21(24)25;1-14-6-10-16(11-7-14)25-17-12-8-15(9-13-17)22-20(23)18-4-2-3-5-19(18)21(22)24;1-2;;/h2-13H,1H3,(H,22,23)(H,24,25);2-13H,1H3;2H,1H3;;1H2/q;;;+1;/p-1. The van der Waals surface area contributed by atoms with Gasteiger partial charge < -0.3 is 30.5 Å². The van der Waals surface area contributed by atoms with Crippen molar-refractivity contribution in [3.05, 3.63) is 179 Å².